The number of amides is 1. The number of aromatic nitrogens is 2. The first-order valence-corrected chi connectivity index (χ1v) is 8.27. The standard InChI is InChI=1S/C18H23N3O2/c1-12-6-5-9-15(13(12)2)21-17(22)10-23-18-14-7-3-4-8-16(14)19-11-20-18/h3-4,7-8,11-13,15H,5-6,9-10H2,1-2H3,(H,21,22)/t12-,13+,15+/m1/s1. The van der Waals surface area contributed by atoms with Crippen molar-refractivity contribution in [3.05, 3.63) is 30.6 Å². The van der Waals surface area contributed by atoms with E-state index < -0.39 is 0 Å². The molecule has 1 fully saturated rings. The molecule has 1 heterocycles. The molecule has 0 unspecified atom stereocenters. The van der Waals surface area contributed by atoms with E-state index in [0.717, 1.165) is 17.3 Å². The van der Waals surface area contributed by atoms with E-state index in [2.05, 4.69) is 29.1 Å². The zero-order chi connectivity index (χ0) is 16.2. The monoisotopic (exact) mass is 313 g/mol. The van der Waals surface area contributed by atoms with Crippen molar-refractivity contribution in [2.45, 2.75) is 39.2 Å². The van der Waals surface area contributed by atoms with E-state index in [4.69, 9.17) is 4.74 Å². The number of para-hydroxylation sites is 1. The van der Waals surface area contributed by atoms with Gasteiger partial charge in [0.05, 0.1) is 10.9 Å². The summed E-state index contributed by atoms with van der Waals surface area (Å²) in [6.45, 7) is 4.46. The second kappa shape index (κ2) is 6.94. The number of benzene rings is 1. The molecule has 0 saturated heterocycles. The Bertz CT molecular complexity index is 684. The molecule has 1 aliphatic carbocycles. The van der Waals surface area contributed by atoms with Gasteiger partial charge in [0.25, 0.3) is 5.91 Å². The SMILES string of the molecule is C[C@H]1[C@H](C)CCC[C@@H]1NC(=O)COc1ncnc2ccccc12. The first-order chi connectivity index (χ1) is 11.1. The van der Waals surface area contributed by atoms with Crippen LogP contribution in [0.1, 0.15) is 33.1 Å². The minimum atomic E-state index is -0.0846. The average molecular weight is 313 g/mol. The van der Waals surface area contributed by atoms with E-state index in [9.17, 15) is 4.79 Å². The number of rotatable bonds is 4. The predicted molar refractivity (Wildman–Crippen MR) is 89.1 cm³/mol. The molecule has 122 valence electrons. The van der Waals surface area contributed by atoms with Crippen LogP contribution < -0.4 is 10.1 Å². The van der Waals surface area contributed by atoms with E-state index in [1.165, 1.54) is 19.2 Å². The van der Waals surface area contributed by atoms with Crippen molar-refractivity contribution in [3.63, 3.8) is 0 Å². The molecule has 0 radical (unpaired) electrons. The van der Waals surface area contributed by atoms with Crippen molar-refractivity contribution in [2.75, 3.05) is 6.61 Å². The van der Waals surface area contributed by atoms with Crippen molar-refractivity contribution in [1.82, 2.24) is 15.3 Å². The number of hydrogen-bond acceptors (Lipinski definition) is 4. The molecule has 1 aliphatic rings. The molecular formula is C18H23N3O2. The van der Waals surface area contributed by atoms with Crippen LogP contribution in [0.2, 0.25) is 0 Å². The highest BCUT2D eigenvalue weighted by molar-refractivity contribution is 5.84. The molecule has 2 aromatic rings. The van der Waals surface area contributed by atoms with Crippen LogP contribution in [-0.4, -0.2) is 28.5 Å². The maximum atomic E-state index is 12.2. The quantitative estimate of drug-likeness (QED) is 0.942. The molecule has 1 aromatic heterocycles. The highest BCUT2D eigenvalue weighted by Crippen LogP contribution is 2.29. The predicted octanol–water partition coefficient (Wildman–Crippen LogP) is 2.95. The second-order valence-corrected chi connectivity index (χ2v) is 6.43. The van der Waals surface area contributed by atoms with Crippen LogP contribution in [-0.2, 0) is 4.79 Å². The molecule has 5 heteroatoms. The fourth-order valence-electron chi connectivity index (χ4n) is 3.26. The summed E-state index contributed by atoms with van der Waals surface area (Å²) < 4.78 is 5.62. The lowest BCUT2D eigenvalue weighted by molar-refractivity contribution is -0.124. The topological polar surface area (TPSA) is 64.1 Å². The lowest BCUT2D eigenvalue weighted by Crippen LogP contribution is -2.45. The van der Waals surface area contributed by atoms with Crippen LogP contribution in [0.4, 0.5) is 0 Å². The summed E-state index contributed by atoms with van der Waals surface area (Å²) in [5.41, 5.74) is 0.813. The number of hydrogen-bond donors (Lipinski definition) is 1. The number of nitrogens with one attached hydrogen (secondary N) is 1. The smallest absolute Gasteiger partial charge is 0.258 e. The van der Waals surface area contributed by atoms with Crippen molar-refractivity contribution >= 4 is 16.8 Å². The van der Waals surface area contributed by atoms with Crippen LogP contribution in [0.15, 0.2) is 30.6 Å². The molecule has 1 amide bonds. The Morgan fingerprint density at radius 2 is 2.09 bits per heavy atom. The molecule has 0 spiro atoms. The third-order valence-electron chi connectivity index (χ3n) is 4.90. The van der Waals surface area contributed by atoms with Crippen molar-refractivity contribution in [3.8, 4) is 5.88 Å². The van der Waals surface area contributed by atoms with E-state index in [-0.39, 0.29) is 18.6 Å². The molecule has 1 aromatic carbocycles. The van der Waals surface area contributed by atoms with Gasteiger partial charge in [0.15, 0.2) is 6.61 Å². The summed E-state index contributed by atoms with van der Waals surface area (Å²) in [7, 11) is 0. The van der Waals surface area contributed by atoms with Crippen molar-refractivity contribution in [2.24, 2.45) is 11.8 Å². The number of nitrogens with zero attached hydrogens (tertiary/aromatic N) is 2. The Kier molecular flexibility index (Phi) is 4.74. The molecule has 1 N–H and O–H groups in total. The first kappa shape index (κ1) is 15.7. The maximum absolute atomic E-state index is 12.2. The van der Waals surface area contributed by atoms with Gasteiger partial charge in [0.1, 0.15) is 6.33 Å². The summed E-state index contributed by atoms with van der Waals surface area (Å²) in [5, 5.41) is 3.93. The Hall–Kier alpha value is -2.17. The third-order valence-corrected chi connectivity index (χ3v) is 4.90. The molecule has 0 aliphatic heterocycles. The van der Waals surface area contributed by atoms with Crippen LogP contribution in [0.3, 0.4) is 0 Å². The lowest BCUT2D eigenvalue weighted by Gasteiger charge is -2.34. The molecule has 23 heavy (non-hydrogen) atoms. The van der Waals surface area contributed by atoms with Gasteiger partial charge in [-0.2, -0.15) is 0 Å². The third kappa shape index (κ3) is 3.60. The Morgan fingerprint density at radius 1 is 1.26 bits per heavy atom. The number of fused-ring (bicyclic) bond motifs is 1. The normalized spacial score (nSPS) is 24.3. The minimum Gasteiger partial charge on any atom is -0.467 e. The summed E-state index contributed by atoms with van der Waals surface area (Å²) >= 11 is 0. The Labute approximate surface area is 136 Å². The average Bonchev–Trinajstić information content (AvgIpc) is 2.57. The van der Waals surface area contributed by atoms with Gasteiger partial charge >= 0.3 is 0 Å². The van der Waals surface area contributed by atoms with Crippen LogP contribution in [0.25, 0.3) is 10.9 Å². The van der Waals surface area contributed by atoms with Gasteiger partial charge in [-0.15, -0.1) is 0 Å². The lowest BCUT2D eigenvalue weighted by atomic mass is 9.78. The van der Waals surface area contributed by atoms with Gasteiger partial charge in [-0.3, -0.25) is 4.79 Å². The minimum absolute atomic E-state index is 0.0153. The van der Waals surface area contributed by atoms with E-state index in [1.807, 2.05) is 24.3 Å². The maximum Gasteiger partial charge on any atom is 0.258 e. The fraction of sp³-hybridized carbons (Fsp3) is 0.500. The van der Waals surface area contributed by atoms with Gasteiger partial charge < -0.3 is 10.1 Å². The fourth-order valence-corrected chi connectivity index (χ4v) is 3.26. The van der Waals surface area contributed by atoms with E-state index >= 15 is 0 Å². The number of carbonyl (C=O) groups excluding carboxylic acids is 1. The van der Waals surface area contributed by atoms with E-state index in [0.29, 0.717) is 17.7 Å². The largest absolute Gasteiger partial charge is 0.467 e. The molecule has 5 nitrogen and oxygen atoms in total. The van der Waals surface area contributed by atoms with Gasteiger partial charge in [-0.25, -0.2) is 9.97 Å². The second-order valence-electron chi connectivity index (χ2n) is 6.43. The summed E-state index contributed by atoms with van der Waals surface area (Å²) in [6, 6.07) is 7.86. The van der Waals surface area contributed by atoms with Crippen molar-refractivity contribution < 1.29 is 9.53 Å². The summed E-state index contributed by atoms with van der Waals surface area (Å²) in [5.74, 6) is 1.53. The molecule has 0 bridgehead atoms. The first-order valence-electron chi connectivity index (χ1n) is 8.27. The summed E-state index contributed by atoms with van der Waals surface area (Å²) in [4.78, 5) is 20.5. The molecule has 3 rings (SSSR count). The Morgan fingerprint density at radius 3 is 2.96 bits per heavy atom. The van der Waals surface area contributed by atoms with Crippen LogP contribution in [0.5, 0.6) is 5.88 Å². The van der Waals surface area contributed by atoms with Gasteiger partial charge in [0.2, 0.25) is 5.88 Å². The van der Waals surface area contributed by atoms with E-state index in [1.54, 1.807) is 0 Å². The molecular weight excluding hydrogens is 290 g/mol. The zero-order valence-corrected chi connectivity index (χ0v) is 13.7. The van der Waals surface area contributed by atoms with Crippen molar-refractivity contribution in [1.29, 1.82) is 0 Å². The van der Waals surface area contributed by atoms with Crippen LogP contribution >= 0.6 is 0 Å². The number of carbonyl (C=O) groups is 1. The Balaban J connectivity index is 1.60. The van der Waals surface area contributed by atoms with Gasteiger partial charge in [-0.05, 0) is 30.4 Å². The van der Waals surface area contributed by atoms with Crippen LogP contribution in [0, 0.1) is 11.8 Å². The summed E-state index contributed by atoms with van der Waals surface area (Å²) in [6.07, 6.45) is 4.93. The molecule has 1 saturated carbocycles. The molecule has 3 atom stereocenters. The van der Waals surface area contributed by atoms with Gasteiger partial charge in [-0.1, -0.05) is 38.8 Å². The number of ether oxygens (including phenoxy) is 1. The highest BCUT2D eigenvalue weighted by Gasteiger charge is 2.28. The zero-order valence-electron chi connectivity index (χ0n) is 13.7. The highest BCUT2D eigenvalue weighted by atomic mass is 16.5. The van der Waals surface area contributed by atoms with Gasteiger partial charge in [0, 0.05) is 6.04 Å².